The average molecular weight is 397 g/mol. The molecule has 2 aliphatic rings. The number of methoxy groups -OCH3 is 1. The van der Waals surface area contributed by atoms with Gasteiger partial charge in [0.15, 0.2) is 0 Å². The van der Waals surface area contributed by atoms with Gasteiger partial charge < -0.3 is 20.1 Å². The van der Waals surface area contributed by atoms with Crippen LogP contribution in [0.25, 0.3) is 0 Å². The zero-order chi connectivity index (χ0) is 19.4. The molecule has 2 saturated heterocycles. The van der Waals surface area contributed by atoms with Crippen molar-refractivity contribution < 1.29 is 22.7 Å². The fraction of sp³-hybridized carbons (Fsp3) is 0.611. The first-order chi connectivity index (χ1) is 12.9. The number of rotatable bonds is 5. The molecule has 0 bridgehead atoms. The van der Waals surface area contributed by atoms with Gasteiger partial charge in [0.2, 0.25) is 10.0 Å². The van der Waals surface area contributed by atoms with Crippen molar-refractivity contribution in [1.82, 2.24) is 14.9 Å². The number of sulfonamides is 1. The summed E-state index contributed by atoms with van der Waals surface area (Å²) in [7, 11) is -2.21. The largest absolute Gasteiger partial charge is 0.496 e. The molecule has 0 radical (unpaired) electrons. The Morgan fingerprint density at radius 2 is 2.07 bits per heavy atom. The Bertz CT molecular complexity index is 777. The number of nitrogens with zero attached hydrogens (tertiary/aromatic N) is 1. The van der Waals surface area contributed by atoms with Crippen molar-refractivity contribution in [2.45, 2.75) is 24.3 Å². The fourth-order valence-electron chi connectivity index (χ4n) is 3.44. The number of carbonyl (C=O) groups excluding carboxylic acids is 1. The van der Waals surface area contributed by atoms with Crippen LogP contribution in [0.15, 0.2) is 23.1 Å². The highest BCUT2D eigenvalue weighted by molar-refractivity contribution is 7.89. The minimum absolute atomic E-state index is 0.0444. The van der Waals surface area contributed by atoms with Gasteiger partial charge in [-0.25, -0.2) is 8.42 Å². The van der Waals surface area contributed by atoms with E-state index in [0.717, 1.165) is 19.5 Å². The van der Waals surface area contributed by atoms with Crippen LogP contribution >= 0.6 is 0 Å². The van der Waals surface area contributed by atoms with Gasteiger partial charge in [0.25, 0.3) is 5.91 Å². The first-order valence-corrected chi connectivity index (χ1v) is 10.6. The van der Waals surface area contributed by atoms with Crippen LogP contribution in [0.4, 0.5) is 0 Å². The number of morpholine rings is 1. The summed E-state index contributed by atoms with van der Waals surface area (Å²) in [5.74, 6) is 0.341. The number of amides is 1. The van der Waals surface area contributed by atoms with Crippen molar-refractivity contribution in [2.24, 2.45) is 5.92 Å². The van der Waals surface area contributed by atoms with E-state index in [1.54, 1.807) is 0 Å². The van der Waals surface area contributed by atoms with E-state index in [0.29, 0.717) is 38.0 Å². The Kier molecular flexibility index (Phi) is 6.36. The number of nitrogens with one attached hydrogen (secondary N) is 2. The van der Waals surface area contributed by atoms with Crippen LogP contribution in [0.3, 0.4) is 0 Å². The van der Waals surface area contributed by atoms with E-state index in [4.69, 9.17) is 9.47 Å². The number of benzene rings is 1. The summed E-state index contributed by atoms with van der Waals surface area (Å²) in [6.07, 6.45) is 0.834. The second-order valence-corrected chi connectivity index (χ2v) is 8.87. The highest BCUT2D eigenvalue weighted by Crippen LogP contribution is 2.25. The normalized spacial score (nSPS) is 24.4. The zero-order valence-electron chi connectivity index (χ0n) is 15.7. The van der Waals surface area contributed by atoms with Crippen molar-refractivity contribution in [1.29, 1.82) is 0 Å². The van der Waals surface area contributed by atoms with Crippen molar-refractivity contribution in [3.63, 3.8) is 0 Å². The lowest BCUT2D eigenvalue weighted by atomic mass is 9.95. The van der Waals surface area contributed by atoms with E-state index >= 15 is 0 Å². The SMILES string of the molecule is COc1ccc(S(=O)(=O)N2CCOCC2)cc1C(=O)NC1CCNCC1C. The summed E-state index contributed by atoms with van der Waals surface area (Å²) in [5, 5.41) is 6.32. The molecule has 0 spiro atoms. The number of piperidine rings is 1. The second-order valence-electron chi connectivity index (χ2n) is 6.93. The molecule has 1 aromatic rings. The van der Waals surface area contributed by atoms with Gasteiger partial charge in [-0.1, -0.05) is 6.92 Å². The Morgan fingerprint density at radius 1 is 1.33 bits per heavy atom. The molecule has 27 heavy (non-hydrogen) atoms. The van der Waals surface area contributed by atoms with Crippen LogP contribution in [-0.2, 0) is 14.8 Å². The third-order valence-electron chi connectivity index (χ3n) is 5.13. The van der Waals surface area contributed by atoms with Crippen molar-refractivity contribution >= 4 is 15.9 Å². The molecule has 2 fully saturated rings. The molecule has 2 unspecified atom stereocenters. The highest BCUT2D eigenvalue weighted by atomic mass is 32.2. The molecule has 9 heteroatoms. The quantitative estimate of drug-likeness (QED) is 0.749. The Balaban J connectivity index is 1.85. The van der Waals surface area contributed by atoms with Crippen molar-refractivity contribution in [3.8, 4) is 5.75 Å². The summed E-state index contributed by atoms with van der Waals surface area (Å²) in [6, 6.07) is 4.47. The first-order valence-electron chi connectivity index (χ1n) is 9.21. The van der Waals surface area contributed by atoms with E-state index < -0.39 is 10.0 Å². The molecule has 0 saturated carbocycles. The third kappa shape index (κ3) is 4.43. The summed E-state index contributed by atoms with van der Waals surface area (Å²) in [5.41, 5.74) is 0.234. The predicted octanol–water partition coefficient (Wildman–Crippen LogP) is 0.444. The van der Waals surface area contributed by atoms with Crippen molar-refractivity contribution in [2.75, 3.05) is 46.5 Å². The van der Waals surface area contributed by atoms with Gasteiger partial charge in [-0.3, -0.25) is 4.79 Å². The van der Waals surface area contributed by atoms with Crippen LogP contribution in [-0.4, -0.2) is 71.2 Å². The van der Waals surface area contributed by atoms with Crippen LogP contribution in [0.1, 0.15) is 23.7 Å². The van der Waals surface area contributed by atoms with Gasteiger partial charge in [0.1, 0.15) is 5.75 Å². The van der Waals surface area contributed by atoms with E-state index in [1.165, 1.54) is 29.6 Å². The molecule has 0 aromatic heterocycles. The molecule has 2 heterocycles. The molecule has 0 aliphatic carbocycles. The van der Waals surface area contributed by atoms with E-state index in [9.17, 15) is 13.2 Å². The Labute approximate surface area is 160 Å². The Morgan fingerprint density at radius 3 is 2.74 bits per heavy atom. The first kappa shape index (κ1) is 20.1. The molecule has 2 N–H and O–H groups in total. The highest BCUT2D eigenvalue weighted by Gasteiger charge is 2.29. The maximum atomic E-state index is 12.9. The van der Waals surface area contributed by atoms with E-state index in [2.05, 4.69) is 17.6 Å². The molecule has 1 amide bonds. The smallest absolute Gasteiger partial charge is 0.255 e. The predicted molar refractivity (Wildman–Crippen MR) is 100 cm³/mol. The van der Waals surface area contributed by atoms with Crippen LogP contribution in [0.2, 0.25) is 0 Å². The molecule has 2 aliphatic heterocycles. The number of hydrogen-bond acceptors (Lipinski definition) is 6. The monoisotopic (exact) mass is 397 g/mol. The lowest BCUT2D eigenvalue weighted by molar-refractivity contribution is 0.0730. The molecule has 8 nitrogen and oxygen atoms in total. The Hall–Kier alpha value is -1.68. The molecule has 3 rings (SSSR count). The van der Waals surface area contributed by atoms with Crippen LogP contribution < -0.4 is 15.4 Å². The fourth-order valence-corrected chi connectivity index (χ4v) is 4.87. The van der Waals surface area contributed by atoms with E-state index in [-0.39, 0.29) is 22.4 Å². The molecule has 2 atom stereocenters. The number of hydrogen-bond donors (Lipinski definition) is 2. The lowest BCUT2D eigenvalue weighted by Crippen LogP contribution is -2.48. The third-order valence-corrected chi connectivity index (χ3v) is 7.02. The maximum absolute atomic E-state index is 12.9. The number of ether oxygens (including phenoxy) is 2. The molecular weight excluding hydrogens is 370 g/mol. The summed E-state index contributed by atoms with van der Waals surface area (Å²) in [6.45, 7) is 5.12. The minimum atomic E-state index is -3.68. The van der Waals surface area contributed by atoms with Crippen LogP contribution in [0, 0.1) is 5.92 Å². The van der Waals surface area contributed by atoms with E-state index in [1.807, 2.05) is 0 Å². The topological polar surface area (TPSA) is 97.0 Å². The summed E-state index contributed by atoms with van der Waals surface area (Å²) >= 11 is 0. The van der Waals surface area contributed by atoms with Gasteiger partial charge in [-0.05, 0) is 43.6 Å². The van der Waals surface area contributed by atoms with Gasteiger partial charge in [-0.15, -0.1) is 0 Å². The standard InChI is InChI=1S/C18H27N3O5S/c1-13-12-19-6-5-16(13)20-18(22)15-11-14(3-4-17(15)25-2)27(23,24)21-7-9-26-10-8-21/h3-4,11,13,16,19H,5-10,12H2,1-2H3,(H,20,22). The molecular formula is C18H27N3O5S. The van der Waals surface area contributed by atoms with Crippen molar-refractivity contribution in [3.05, 3.63) is 23.8 Å². The van der Waals surface area contributed by atoms with Gasteiger partial charge in [0.05, 0.1) is 30.8 Å². The summed E-state index contributed by atoms with van der Waals surface area (Å²) in [4.78, 5) is 12.9. The summed E-state index contributed by atoms with van der Waals surface area (Å²) < 4.78 is 37.7. The zero-order valence-corrected chi connectivity index (χ0v) is 16.5. The molecule has 1 aromatic carbocycles. The maximum Gasteiger partial charge on any atom is 0.255 e. The average Bonchev–Trinajstić information content (AvgIpc) is 2.69. The lowest BCUT2D eigenvalue weighted by Gasteiger charge is -2.30. The minimum Gasteiger partial charge on any atom is -0.496 e. The second kappa shape index (κ2) is 8.55. The van der Waals surface area contributed by atoms with Gasteiger partial charge in [-0.2, -0.15) is 4.31 Å². The van der Waals surface area contributed by atoms with Gasteiger partial charge >= 0.3 is 0 Å². The van der Waals surface area contributed by atoms with Gasteiger partial charge in [0, 0.05) is 19.1 Å². The van der Waals surface area contributed by atoms with Crippen LogP contribution in [0.5, 0.6) is 5.75 Å². The molecule has 150 valence electrons. The number of carbonyl (C=O) groups is 1.